The second-order valence-electron chi connectivity index (χ2n) is 5.75. The molecule has 1 N–H and O–H groups in total. The fraction of sp³-hybridized carbons (Fsp3) is 0.600. The van der Waals surface area contributed by atoms with Gasteiger partial charge in [-0.05, 0) is 29.2 Å². The van der Waals surface area contributed by atoms with Crippen LogP contribution in [0.2, 0.25) is 0 Å². The van der Waals surface area contributed by atoms with E-state index in [1.807, 2.05) is 18.2 Å². The second-order valence-corrected chi connectivity index (χ2v) is 6.67. The molecular weight excluding hydrogens is 308 g/mol. The molecule has 0 aromatic heterocycles. The number of hydrogen-bond acceptors (Lipinski definition) is 3. The van der Waals surface area contributed by atoms with Crippen LogP contribution in [-0.2, 0) is 11.2 Å². The van der Waals surface area contributed by atoms with Crippen LogP contribution in [0.5, 0.6) is 5.75 Å². The van der Waals surface area contributed by atoms with Gasteiger partial charge in [-0.15, -0.1) is 0 Å². The number of halogens is 1. The summed E-state index contributed by atoms with van der Waals surface area (Å²) in [6.45, 7) is 6.17. The minimum atomic E-state index is -0.576. The van der Waals surface area contributed by atoms with E-state index in [1.54, 1.807) is 14.2 Å². The lowest BCUT2D eigenvalue weighted by atomic mass is 9.83. The van der Waals surface area contributed by atoms with Gasteiger partial charge in [0.2, 0.25) is 0 Å². The smallest absolute Gasteiger partial charge is 0.122 e. The minimum absolute atomic E-state index is 0.118. The van der Waals surface area contributed by atoms with Gasteiger partial charge in [0.1, 0.15) is 5.75 Å². The summed E-state index contributed by atoms with van der Waals surface area (Å²) in [6, 6.07) is 5.79. The normalized spacial score (nSPS) is 15.1. The second kappa shape index (κ2) is 6.73. The number of aliphatic hydroxyl groups is 1. The zero-order valence-corrected chi connectivity index (χ0v) is 13.8. The van der Waals surface area contributed by atoms with E-state index in [1.165, 1.54) is 0 Å². The molecular formula is C15H23BrO3. The number of methoxy groups -OCH3 is 2. The summed E-state index contributed by atoms with van der Waals surface area (Å²) in [4.78, 5) is 0. The first kappa shape index (κ1) is 16.5. The van der Waals surface area contributed by atoms with E-state index in [0.29, 0.717) is 6.42 Å². The quantitative estimate of drug-likeness (QED) is 0.898. The number of aliphatic hydroxyl groups excluding tert-OH is 1. The monoisotopic (exact) mass is 330 g/mol. The maximum absolute atomic E-state index is 10.4. The van der Waals surface area contributed by atoms with Crippen LogP contribution in [0.1, 0.15) is 26.3 Å². The number of ether oxygens (including phenoxy) is 2. The molecule has 2 atom stereocenters. The molecule has 1 aromatic rings. The zero-order chi connectivity index (χ0) is 14.6. The van der Waals surface area contributed by atoms with Crippen molar-refractivity contribution in [2.75, 3.05) is 14.2 Å². The van der Waals surface area contributed by atoms with Gasteiger partial charge in [-0.25, -0.2) is 0 Å². The highest BCUT2D eigenvalue weighted by Crippen LogP contribution is 2.29. The Morgan fingerprint density at radius 3 is 2.37 bits per heavy atom. The topological polar surface area (TPSA) is 38.7 Å². The SMILES string of the molecule is COc1ccc(Br)cc1CC(O)C(OC)C(C)(C)C. The van der Waals surface area contributed by atoms with E-state index in [0.717, 1.165) is 15.8 Å². The molecule has 0 aliphatic heterocycles. The molecule has 0 aliphatic rings. The summed E-state index contributed by atoms with van der Waals surface area (Å²) in [5, 5.41) is 10.4. The van der Waals surface area contributed by atoms with Gasteiger partial charge in [-0.3, -0.25) is 0 Å². The van der Waals surface area contributed by atoms with Crippen LogP contribution in [0.4, 0.5) is 0 Å². The van der Waals surface area contributed by atoms with Crippen molar-refractivity contribution in [3.8, 4) is 5.75 Å². The van der Waals surface area contributed by atoms with Crippen LogP contribution in [0.25, 0.3) is 0 Å². The Labute approximate surface area is 124 Å². The number of hydrogen-bond donors (Lipinski definition) is 1. The van der Waals surface area contributed by atoms with Crippen molar-refractivity contribution >= 4 is 15.9 Å². The van der Waals surface area contributed by atoms with Crippen molar-refractivity contribution in [1.29, 1.82) is 0 Å². The molecule has 0 saturated carbocycles. The predicted molar refractivity (Wildman–Crippen MR) is 80.7 cm³/mol. The predicted octanol–water partition coefficient (Wildman–Crippen LogP) is 3.42. The van der Waals surface area contributed by atoms with Crippen molar-refractivity contribution in [2.24, 2.45) is 5.41 Å². The third-order valence-corrected chi connectivity index (χ3v) is 3.62. The van der Waals surface area contributed by atoms with Crippen molar-refractivity contribution < 1.29 is 14.6 Å². The molecule has 0 spiro atoms. The molecule has 0 radical (unpaired) electrons. The van der Waals surface area contributed by atoms with Crippen LogP contribution in [0.15, 0.2) is 22.7 Å². The van der Waals surface area contributed by atoms with Gasteiger partial charge >= 0.3 is 0 Å². The summed E-state index contributed by atoms with van der Waals surface area (Å²) in [6.07, 6.45) is -0.303. The molecule has 0 fully saturated rings. The molecule has 2 unspecified atom stereocenters. The molecule has 0 saturated heterocycles. The summed E-state index contributed by atoms with van der Waals surface area (Å²) >= 11 is 3.44. The highest BCUT2D eigenvalue weighted by atomic mass is 79.9. The van der Waals surface area contributed by atoms with Gasteiger partial charge in [0.15, 0.2) is 0 Å². The molecule has 19 heavy (non-hydrogen) atoms. The standard InChI is InChI=1S/C15H23BrO3/c1-15(2,3)14(19-5)12(17)9-10-8-11(16)6-7-13(10)18-4/h6-8,12,14,17H,9H2,1-5H3. The van der Waals surface area contributed by atoms with Gasteiger partial charge in [0.25, 0.3) is 0 Å². The van der Waals surface area contributed by atoms with E-state index in [-0.39, 0.29) is 11.5 Å². The Morgan fingerprint density at radius 2 is 1.89 bits per heavy atom. The molecule has 4 heteroatoms. The maximum Gasteiger partial charge on any atom is 0.122 e. The molecule has 3 nitrogen and oxygen atoms in total. The van der Waals surface area contributed by atoms with E-state index in [4.69, 9.17) is 9.47 Å². The van der Waals surface area contributed by atoms with Crippen molar-refractivity contribution in [2.45, 2.75) is 39.4 Å². The Kier molecular flexibility index (Phi) is 5.83. The molecule has 1 rings (SSSR count). The average Bonchev–Trinajstić information content (AvgIpc) is 2.28. The molecule has 0 bridgehead atoms. The Balaban J connectivity index is 2.92. The van der Waals surface area contributed by atoms with Crippen molar-refractivity contribution in [1.82, 2.24) is 0 Å². The van der Waals surface area contributed by atoms with Gasteiger partial charge < -0.3 is 14.6 Å². The largest absolute Gasteiger partial charge is 0.496 e. The Bertz CT molecular complexity index is 412. The van der Waals surface area contributed by atoms with Crippen LogP contribution in [-0.4, -0.2) is 31.5 Å². The van der Waals surface area contributed by atoms with Gasteiger partial charge in [0, 0.05) is 18.0 Å². The highest BCUT2D eigenvalue weighted by Gasteiger charge is 2.31. The lowest BCUT2D eigenvalue weighted by Gasteiger charge is -2.33. The Morgan fingerprint density at radius 1 is 1.26 bits per heavy atom. The molecule has 1 aromatic carbocycles. The van der Waals surface area contributed by atoms with Crippen LogP contribution in [0.3, 0.4) is 0 Å². The van der Waals surface area contributed by atoms with E-state index in [2.05, 4.69) is 36.7 Å². The molecule has 0 aliphatic carbocycles. The van der Waals surface area contributed by atoms with E-state index >= 15 is 0 Å². The fourth-order valence-electron chi connectivity index (χ4n) is 2.33. The van der Waals surface area contributed by atoms with Crippen LogP contribution >= 0.6 is 15.9 Å². The van der Waals surface area contributed by atoms with Crippen molar-refractivity contribution in [3.63, 3.8) is 0 Å². The summed E-state index contributed by atoms with van der Waals surface area (Å²) in [5.41, 5.74) is 0.851. The van der Waals surface area contributed by atoms with Crippen molar-refractivity contribution in [3.05, 3.63) is 28.2 Å². The first-order valence-electron chi connectivity index (χ1n) is 6.33. The highest BCUT2D eigenvalue weighted by molar-refractivity contribution is 9.10. The molecule has 0 amide bonds. The minimum Gasteiger partial charge on any atom is -0.496 e. The molecule has 0 heterocycles. The average molecular weight is 331 g/mol. The van der Waals surface area contributed by atoms with Crippen LogP contribution < -0.4 is 4.74 Å². The van der Waals surface area contributed by atoms with Crippen LogP contribution in [0, 0.1) is 5.41 Å². The third-order valence-electron chi connectivity index (χ3n) is 3.13. The lowest BCUT2D eigenvalue weighted by molar-refractivity contribution is -0.0700. The van der Waals surface area contributed by atoms with E-state index < -0.39 is 6.10 Å². The summed E-state index contributed by atoms with van der Waals surface area (Å²) in [5.74, 6) is 0.783. The lowest BCUT2D eigenvalue weighted by Crippen LogP contribution is -2.40. The van der Waals surface area contributed by atoms with Gasteiger partial charge in [-0.2, -0.15) is 0 Å². The van der Waals surface area contributed by atoms with E-state index in [9.17, 15) is 5.11 Å². The maximum atomic E-state index is 10.4. The Hall–Kier alpha value is -0.580. The summed E-state index contributed by atoms with van der Waals surface area (Å²) < 4.78 is 11.7. The first-order chi connectivity index (χ1) is 8.79. The zero-order valence-electron chi connectivity index (χ0n) is 12.2. The first-order valence-corrected chi connectivity index (χ1v) is 7.12. The number of benzene rings is 1. The molecule has 108 valence electrons. The number of rotatable bonds is 5. The van der Waals surface area contributed by atoms with Gasteiger partial charge in [-0.1, -0.05) is 36.7 Å². The summed E-state index contributed by atoms with van der Waals surface area (Å²) in [7, 11) is 3.27. The fourth-order valence-corrected chi connectivity index (χ4v) is 2.74. The third kappa shape index (κ3) is 4.48. The van der Waals surface area contributed by atoms with Gasteiger partial charge in [0.05, 0.1) is 19.3 Å².